The van der Waals surface area contributed by atoms with Crippen molar-refractivity contribution in [2.45, 2.75) is 6.92 Å². The quantitative estimate of drug-likeness (QED) is 0.698. The maximum Gasteiger partial charge on any atom is 0.269 e. The lowest BCUT2D eigenvalue weighted by Crippen LogP contribution is -2.41. The number of aryl methyl sites for hydroxylation is 2. The fourth-order valence-corrected chi connectivity index (χ4v) is 1.47. The zero-order valence-electron chi connectivity index (χ0n) is 12.1. The highest BCUT2D eigenvalue weighted by atomic mass is 16.2. The standard InChI is InChI=1S/C12H19N5O3/c1-8-5-9(17(4)15-8)12(20)14-6-10(18)13-7-11(19)16(2)3/h5H,6-7H2,1-4H3,(H,13,18)(H,14,20). The van der Waals surface area contributed by atoms with E-state index in [1.54, 1.807) is 34.1 Å². The maximum absolute atomic E-state index is 11.8. The Balaban J connectivity index is 2.40. The van der Waals surface area contributed by atoms with Gasteiger partial charge in [0.2, 0.25) is 11.8 Å². The molecule has 0 aliphatic heterocycles. The first-order chi connectivity index (χ1) is 9.31. The minimum atomic E-state index is -0.424. The summed E-state index contributed by atoms with van der Waals surface area (Å²) in [6, 6.07) is 1.63. The summed E-state index contributed by atoms with van der Waals surface area (Å²) in [4.78, 5) is 35.9. The largest absolute Gasteiger partial charge is 0.347 e. The lowest BCUT2D eigenvalue weighted by atomic mass is 10.3. The number of likely N-dealkylation sites (N-methyl/N-ethyl adjacent to an activating group) is 1. The molecule has 0 saturated heterocycles. The molecule has 20 heavy (non-hydrogen) atoms. The lowest BCUT2D eigenvalue weighted by Gasteiger charge is -2.11. The van der Waals surface area contributed by atoms with Crippen LogP contribution in [0.15, 0.2) is 6.07 Å². The van der Waals surface area contributed by atoms with Gasteiger partial charge in [-0.15, -0.1) is 0 Å². The molecule has 0 atom stereocenters. The Morgan fingerprint density at radius 1 is 1.25 bits per heavy atom. The highest BCUT2D eigenvalue weighted by molar-refractivity contribution is 5.95. The van der Waals surface area contributed by atoms with Crippen LogP contribution in [0.3, 0.4) is 0 Å². The summed E-state index contributed by atoms with van der Waals surface area (Å²) in [6.45, 7) is 1.49. The zero-order valence-corrected chi connectivity index (χ0v) is 12.1. The third kappa shape index (κ3) is 4.38. The van der Waals surface area contributed by atoms with Gasteiger partial charge in [-0.1, -0.05) is 0 Å². The van der Waals surface area contributed by atoms with Gasteiger partial charge in [0.25, 0.3) is 5.91 Å². The molecule has 0 bridgehead atoms. The van der Waals surface area contributed by atoms with Crippen molar-refractivity contribution < 1.29 is 14.4 Å². The van der Waals surface area contributed by atoms with Crippen molar-refractivity contribution in [1.82, 2.24) is 25.3 Å². The molecule has 8 nitrogen and oxygen atoms in total. The van der Waals surface area contributed by atoms with Crippen LogP contribution in [0.2, 0.25) is 0 Å². The molecule has 0 spiro atoms. The summed E-state index contributed by atoms with van der Waals surface area (Å²) in [6.07, 6.45) is 0. The normalized spacial score (nSPS) is 10.0. The number of aromatic nitrogens is 2. The van der Waals surface area contributed by atoms with E-state index >= 15 is 0 Å². The van der Waals surface area contributed by atoms with Crippen molar-refractivity contribution in [3.05, 3.63) is 17.5 Å². The molecule has 8 heteroatoms. The Morgan fingerprint density at radius 3 is 2.40 bits per heavy atom. The fourth-order valence-electron chi connectivity index (χ4n) is 1.47. The van der Waals surface area contributed by atoms with Crippen molar-refractivity contribution in [2.24, 2.45) is 7.05 Å². The van der Waals surface area contributed by atoms with Crippen LogP contribution in [-0.2, 0) is 16.6 Å². The number of nitrogens with zero attached hydrogens (tertiary/aromatic N) is 3. The van der Waals surface area contributed by atoms with Crippen LogP contribution in [0.5, 0.6) is 0 Å². The van der Waals surface area contributed by atoms with E-state index < -0.39 is 5.91 Å². The Bertz CT molecular complexity index is 521. The molecule has 1 rings (SSSR count). The van der Waals surface area contributed by atoms with Gasteiger partial charge < -0.3 is 15.5 Å². The lowest BCUT2D eigenvalue weighted by molar-refractivity contribution is -0.130. The zero-order chi connectivity index (χ0) is 15.3. The molecule has 0 aliphatic rings. The van der Waals surface area contributed by atoms with Crippen molar-refractivity contribution in [3.63, 3.8) is 0 Å². The van der Waals surface area contributed by atoms with Gasteiger partial charge in [-0.3, -0.25) is 19.1 Å². The minimum absolute atomic E-state index is 0.0908. The molecule has 1 aromatic heterocycles. The molecule has 2 N–H and O–H groups in total. The number of nitrogens with one attached hydrogen (secondary N) is 2. The van der Waals surface area contributed by atoms with E-state index in [0.717, 1.165) is 5.69 Å². The second-order valence-corrected chi connectivity index (χ2v) is 4.54. The smallest absolute Gasteiger partial charge is 0.269 e. The van der Waals surface area contributed by atoms with Crippen molar-refractivity contribution >= 4 is 17.7 Å². The van der Waals surface area contributed by atoms with Crippen LogP contribution in [-0.4, -0.2) is 59.6 Å². The summed E-state index contributed by atoms with van der Waals surface area (Å²) < 4.78 is 1.44. The molecular formula is C12H19N5O3. The van der Waals surface area contributed by atoms with Crippen LogP contribution >= 0.6 is 0 Å². The summed E-state index contributed by atoms with van der Waals surface area (Å²) in [5, 5.41) is 8.94. The van der Waals surface area contributed by atoms with Gasteiger partial charge in [0.1, 0.15) is 5.69 Å². The van der Waals surface area contributed by atoms with Gasteiger partial charge >= 0.3 is 0 Å². The Hall–Kier alpha value is -2.38. The summed E-state index contributed by atoms with van der Waals surface area (Å²) in [5.41, 5.74) is 1.10. The number of rotatable bonds is 5. The van der Waals surface area contributed by atoms with E-state index in [-0.39, 0.29) is 24.9 Å². The Labute approximate surface area is 117 Å². The van der Waals surface area contributed by atoms with Crippen LogP contribution in [0.25, 0.3) is 0 Å². The molecule has 0 aliphatic carbocycles. The van der Waals surface area contributed by atoms with Gasteiger partial charge in [0, 0.05) is 21.1 Å². The molecule has 3 amide bonds. The van der Waals surface area contributed by atoms with Crippen molar-refractivity contribution in [1.29, 1.82) is 0 Å². The minimum Gasteiger partial charge on any atom is -0.347 e. The van der Waals surface area contributed by atoms with E-state index in [1.165, 1.54) is 9.58 Å². The van der Waals surface area contributed by atoms with E-state index in [9.17, 15) is 14.4 Å². The predicted octanol–water partition coefficient (Wildman–Crippen LogP) is -1.34. The molecule has 1 heterocycles. The van der Waals surface area contributed by atoms with E-state index in [4.69, 9.17) is 0 Å². The number of carbonyl (C=O) groups excluding carboxylic acids is 3. The highest BCUT2D eigenvalue weighted by Gasteiger charge is 2.13. The van der Waals surface area contributed by atoms with Crippen LogP contribution < -0.4 is 10.6 Å². The molecule has 1 aromatic rings. The second-order valence-electron chi connectivity index (χ2n) is 4.54. The second kappa shape index (κ2) is 6.69. The number of hydrogen-bond donors (Lipinski definition) is 2. The number of hydrogen-bond acceptors (Lipinski definition) is 4. The van der Waals surface area contributed by atoms with E-state index in [1.807, 2.05) is 0 Å². The SMILES string of the molecule is Cc1cc(C(=O)NCC(=O)NCC(=O)N(C)C)n(C)n1. The van der Waals surface area contributed by atoms with Gasteiger partial charge in [-0.2, -0.15) is 5.10 Å². The molecule has 0 fully saturated rings. The number of carbonyl (C=O) groups is 3. The third-order valence-corrected chi connectivity index (χ3v) is 2.58. The topological polar surface area (TPSA) is 96.3 Å². The maximum atomic E-state index is 11.8. The Kier molecular flexibility index (Phi) is 5.24. The van der Waals surface area contributed by atoms with Crippen LogP contribution in [0, 0.1) is 6.92 Å². The Morgan fingerprint density at radius 2 is 1.90 bits per heavy atom. The average Bonchev–Trinajstić information content (AvgIpc) is 2.71. The van der Waals surface area contributed by atoms with Gasteiger partial charge in [-0.05, 0) is 13.0 Å². The molecule has 0 radical (unpaired) electrons. The third-order valence-electron chi connectivity index (χ3n) is 2.58. The van der Waals surface area contributed by atoms with Crippen molar-refractivity contribution in [3.8, 4) is 0 Å². The summed E-state index contributed by atoms with van der Waals surface area (Å²) in [5.74, 6) is -1.03. The van der Waals surface area contributed by atoms with Gasteiger partial charge in [-0.25, -0.2) is 0 Å². The average molecular weight is 281 g/mol. The van der Waals surface area contributed by atoms with E-state index in [2.05, 4.69) is 15.7 Å². The first-order valence-electron chi connectivity index (χ1n) is 6.07. The first kappa shape index (κ1) is 15.7. The fraction of sp³-hybridized carbons (Fsp3) is 0.500. The van der Waals surface area contributed by atoms with Gasteiger partial charge in [0.15, 0.2) is 0 Å². The van der Waals surface area contributed by atoms with Crippen LogP contribution in [0.1, 0.15) is 16.2 Å². The summed E-state index contributed by atoms with van der Waals surface area (Å²) >= 11 is 0. The first-order valence-corrected chi connectivity index (χ1v) is 6.07. The van der Waals surface area contributed by atoms with Crippen LogP contribution in [0.4, 0.5) is 0 Å². The van der Waals surface area contributed by atoms with Crippen molar-refractivity contribution in [2.75, 3.05) is 27.2 Å². The summed E-state index contributed by atoms with van der Waals surface area (Å²) in [7, 11) is 4.85. The molecular weight excluding hydrogens is 262 g/mol. The van der Waals surface area contributed by atoms with E-state index in [0.29, 0.717) is 5.69 Å². The monoisotopic (exact) mass is 281 g/mol. The molecule has 0 aromatic carbocycles. The highest BCUT2D eigenvalue weighted by Crippen LogP contribution is 2.00. The molecule has 0 unspecified atom stereocenters. The number of amides is 3. The predicted molar refractivity (Wildman–Crippen MR) is 72.0 cm³/mol. The molecule has 0 saturated carbocycles. The molecule has 110 valence electrons. The van der Waals surface area contributed by atoms with Gasteiger partial charge in [0.05, 0.1) is 18.8 Å².